The van der Waals surface area contributed by atoms with Crippen LogP contribution in [0.25, 0.3) is 0 Å². The number of carbonyl (C=O) groups excluding carboxylic acids is 3. The number of hydrogen-bond donors (Lipinski definition) is 7. The van der Waals surface area contributed by atoms with Gasteiger partial charge < -0.3 is 26.0 Å². The molecule has 2 amide bonds. The van der Waals surface area contributed by atoms with E-state index >= 15 is 0 Å². The van der Waals surface area contributed by atoms with E-state index in [1.165, 1.54) is 0 Å². The van der Waals surface area contributed by atoms with Crippen LogP contribution < -0.4 is 21.4 Å². The topological polar surface area (TPSA) is 207 Å². The van der Waals surface area contributed by atoms with Crippen molar-refractivity contribution in [1.29, 1.82) is 5.41 Å². The standard InChI is InChI=1S/C25H41BN6O7/c1-18(2)17-22(26(36)37)30-24(35)20(13-10-16-28-25(27)31-32(38)39)29-23(34)15-9-4-3-8-14-21(33)19-11-6-5-7-12-19/h5-7,11-12,18,20,22,36-37H,3-4,8-10,13-17H2,1-2H3,(H,29,34)(H,30,35)(H3,27,28,31)/t20-,22-/m0/s1. The van der Waals surface area contributed by atoms with Crippen molar-refractivity contribution < 1.29 is 29.5 Å². The number of benzene rings is 1. The maximum absolute atomic E-state index is 12.9. The van der Waals surface area contributed by atoms with E-state index in [-0.39, 0.29) is 37.0 Å². The molecule has 13 nitrogen and oxygen atoms in total. The maximum atomic E-state index is 12.9. The van der Waals surface area contributed by atoms with Gasteiger partial charge in [-0.05, 0) is 38.0 Å². The third-order valence-electron chi connectivity index (χ3n) is 5.89. The molecule has 1 aromatic carbocycles. The molecule has 0 fully saturated rings. The summed E-state index contributed by atoms with van der Waals surface area (Å²) in [5.74, 6) is -2.15. The Kier molecular flexibility index (Phi) is 16.1. The Bertz CT molecular complexity index is 933. The molecule has 0 bridgehead atoms. The van der Waals surface area contributed by atoms with Crippen LogP contribution in [0, 0.1) is 21.4 Å². The smallest absolute Gasteiger partial charge is 0.426 e. The predicted octanol–water partition coefficient (Wildman–Crippen LogP) is 1.32. The fourth-order valence-corrected chi connectivity index (χ4v) is 3.93. The van der Waals surface area contributed by atoms with Crippen LogP contribution >= 0.6 is 0 Å². The number of nitrogens with one attached hydrogen (secondary N) is 5. The van der Waals surface area contributed by atoms with Crippen LogP contribution in [0.1, 0.15) is 82.0 Å². The molecule has 0 radical (unpaired) electrons. The number of nitrogens with zero attached hydrogens (tertiary/aromatic N) is 1. The number of carbonyl (C=O) groups is 3. The third-order valence-corrected chi connectivity index (χ3v) is 5.89. The summed E-state index contributed by atoms with van der Waals surface area (Å²) in [6.07, 6.45) is 4.23. The van der Waals surface area contributed by atoms with Crippen molar-refractivity contribution in [1.82, 2.24) is 21.4 Å². The highest BCUT2D eigenvalue weighted by Gasteiger charge is 2.29. The molecule has 0 aliphatic carbocycles. The van der Waals surface area contributed by atoms with Gasteiger partial charge in [-0.3, -0.25) is 19.8 Å². The quantitative estimate of drug-likeness (QED) is 0.0253. The SMILES string of the molecule is CC(C)C[C@H](NC(=O)[C@H](CCCNC(=N)N[N+](=O)[O-])NC(=O)CCCCCCC(=O)c1ccccc1)B(O)O. The van der Waals surface area contributed by atoms with Crippen molar-refractivity contribution in [3.63, 3.8) is 0 Å². The van der Waals surface area contributed by atoms with Crippen molar-refractivity contribution >= 4 is 30.7 Å². The van der Waals surface area contributed by atoms with Crippen LogP contribution in [0.4, 0.5) is 0 Å². The van der Waals surface area contributed by atoms with E-state index in [1.54, 1.807) is 17.6 Å². The van der Waals surface area contributed by atoms with Gasteiger partial charge in [0.15, 0.2) is 10.8 Å². The van der Waals surface area contributed by atoms with Gasteiger partial charge in [0.05, 0.1) is 5.94 Å². The summed E-state index contributed by atoms with van der Waals surface area (Å²) < 4.78 is 0. The molecular formula is C25H41BN6O7. The van der Waals surface area contributed by atoms with Gasteiger partial charge in [-0.1, -0.05) is 62.4 Å². The summed E-state index contributed by atoms with van der Waals surface area (Å²) in [6, 6.07) is 8.12. The van der Waals surface area contributed by atoms with Gasteiger partial charge in [-0.15, -0.1) is 0 Å². The summed E-state index contributed by atoms with van der Waals surface area (Å²) in [6.45, 7) is 3.88. The normalized spacial score (nSPS) is 12.2. The van der Waals surface area contributed by atoms with E-state index in [0.717, 1.165) is 12.8 Å². The third kappa shape index (κ3) is 15.5. The highest BCUT2D eigenvalue weighted by molar-refractivity contribution is 6.43. The number of Topliss-reactive ketones (excluding diaryl/α,β-unsaturated/α-hetero) is 1. The van der Waals surface area contributed by atoms with Crippen molar-refractivity contribution in [3.05, 3.63) is 46.0 Å². The summed E-state index contributed by atoms with van der Waals surface area (Å²) in [7, 11) is -1.77. The molecule has 0 spiro atoms. The van der Waals surface area contributed by atoms with Crippen LogP contribution in [-0.2, 0) is 9.59 Å². The predicted molar refractivity (Wildman–Crippen MR) is 147 cm³/mol. The van der Waals surface area contributed by atoms with Crippen LogP contribution in [0.2, 0.25) is 0 Å². The summed E-state index contributed by atoms with van der Waals surface area (Å²) in [4.78, 5) is 48.0. The van der Waals surface area contributed by atoms with Crippen molar-refractivity contribution in [3.8, 4) is 0 Å². The van der Waals surface area contributed by atoms with Gasteiger partial charge in [0, 0.05) is 24.9 Å². The van der Waals surface area contributed by atoms with E-state index in [9.17, 15) is 34.5 Å². The molecule has 0 aromatic heterocycles. The zero-order valence-electron chi connectivity index (χ0n) is 22.7. The molecule has 14 heteroatoms. The van der Waals surface area contributed by atoms with Crippen LogP contribution in [-0.4, -0.2) is 64.3 Å². The zero-order chi connectivity index (χ0) is 29.2. The molecule has 0 aliphatic heterocycles. The van der Waals surface area contributed by atoms with E-state index in [4.69, 9.17) is 5.41 Å². The molecule has 0 heterocycles. The minimum atomic E-state index is -1.77. The van der Waals surface area contributed by atoms with Crippen molar-refractivity contribution in [2.24, 2.45) is 5.92 Å². The fourth-order valence-electron chi connectivity index (χ4n) is 3.93. The minimum Gasteiger partial charge on any atom is -0.426 e. The van der Waals surface area contributed by atoms with Crippen LogP contribution in [0.5, 0.6) is 0 Å². The van der Waals surface area contributed by atoms with Gasteiger partial charge in [-0.25, -0.2) is 10.1 Å². The van der Waals surface area contributed by atoms with Gasteiger partial charge in [0.25, 0.3) is 5.96 Å². The van der Waals surface area contributed by atoms with E-state index < -0.39 is 36.0 Å². The molecule has 39 heavy (non-hydrogen) atoms. The monoisotopic (exact) mass is 548 g/mol. The molecule has 1 aromatic rings. The Morgan fingerprint density at radius 3 is 2.23 bits per heavy atom. The summed E-state index contributed by atoms with van der Waals surface area (Å²) in [5, 5.41) is 44.0. The lowest BCUT2D eigenvalue weighted by molar-refractivity contribution is -0.525. The number of hydrazine groups is 1. The maximum Gasteiger partial charge on any atom is 0.475 e. The lowest BCUT2D eigenvalue weighted by Crippen LogP contribution is -2.54. The second-order valence-corrected chi connectivity index (χ2v) is 9.79. The number of amides is 2. The molecular weight excluding hydrogens is 507 g/mol. The number of guanidine groups is 1. The average Bonchev–Trinajstić information content (AvgIpc) is 2.87. The highest BCUT2D eigenvalue weighted by atomic mass is 16.7. The summed E-state index contributed by atoms with van der Waals surface area (Å²) in [5.41, 5.74) is 2.35. The number of rotatable bonds is 19. The molecule has 2 atom stereocenters. The van der Waals surface area contributed by atoms with Gasteiger partial charge >= 0.3 is 7.12 Å². The molecule has 0 saturated heterocycles. The molecule has 1 rings (SSSR count). The lowest BCUT2D eigenvalue weighted by atomic mass is 9.75. The number of hydrogen-bond acceptors (Lipinski definition) is 8. The van der Waals surface area contributed by atoms with Gasteiger partial charge in [-0.2, -0.15) is 0 Å². The number of nitro groups is 1. The molecule has 0 aliphatic rings. The highest BCUT2D eigenvalue weighted by Crippen LogP contribution is 2.11. The Hall–Kier alpha value is -3.52. The van der Waals surface area contributed by atoms with E-state index in [0.29, 0.717) is 37.7 Å². The van der Waals surface area contributed by atoms with Gasteiger partial charge in [0.2, 0.25) is 11.8 Å². The molecule has 0 saturated carbocycles. The summed E-state index contributed by atoms with van der Waals surface area (Å²) >= 11 is 0. The first-order chi connectivity index (χ1) is 18.5. The first-order valence-corrected chi connectivity index (χ1v) is 13.3. The molecule has 0 unspecified atom stereocenters. The lowest BCUT2D eigenvalue weighted by Gasteiger charge is -2.24. The first kappa shape index (κ1) is 33.5. The second-order valence-electron chi connectivity index (χ2n) is 9.79. The van der Waals surface area contributed by atoms with E-state index in [2.05, 4.69) is 16.0 Å². The Balaban J connectivity index is 2.53. The molecule has 7 N–H and O–H groups in total. The second kappa shape index (κ2) is 18.7. The van der Waals surface area contributed by atoms with Crippen molar-refractivity contribution in [2.45, 2.75) is 83.6 Å². The first-order valence-electron chi connectivity index (χ1n) is 13.3. The number of ketones is 1. The Morgan fingerprint density at radius 1 is 1.00 bits per heavy atom. The minimum absolute atomic E-state index is 0.0810. The van der Waals surface area contributed by atoms with Gasteiger partial charge in [0.1, 0.15) is 6.04 Å². The molecule has 216 valence electrons. The Morgan fingerprint density at radius 2 is 1.64 bits per heavy atom. The largest absolute Gasteiger partial charge is 0.475 e. The van der Waals surface area contributed by atoms with Crippen LogP contribution in [0.15, 0.2) is 30.3 Å². The zero-order valence-corrected chi connectivity index (χ0v) is 22.7. The fraction of sp³-hybridized carbons (Fsp3) is 0.600. The average molecular weight is 548 g/mol. The van der Waals surface area contributed by atoms with Crippen molar-refractivity contribution in [2.75, 3.05) is 6.54 Å². The van der Waals surface area contributed by atoms with Crippen LogP contribution in [0.3, 0.4) is 0 Å². The number of unbranched alkanes of at least 4 members (excludes halogenated alkanes) is 3. The Labute approximate surface area is 229 Å². The van der Waals surface area contributed by atoms with E-state index in [1.807, 2.05) is 32.0 Å².